The van der Waals surface area contributed by atoms with Gasteiger partial charge in [-0.3, -0.25) is 9.59 Å². The zero-order valence-electron chi connectivity index (χ0n) is 15.3. The molecule has 2 bridgehead atoms. The number of nitrogens with zero attached hydrogens (tertiary/aromatic N) is 1. The summed E-state index contributed by atoms with van der Waals surface area (Å²) in [7, 11) is 0. The van der Waals surface area contributed by atoms with Gasteiger partial charge in [-0.1, -0.05) is 25.5 Å². The zero-order chi connectivity index (χ0) is 18.0. The van der Waals surface area contributed by atoms with E-state index in [1.807, 2.05) is 0 Å². The van der Waals surface area contributed by atoms with Crippen LogP contribution in [0.15, 0.2) is 24.2 Å². The molecule has 1 fully saturated rings. The van der Waals surface area contributed by atoms with E-state index < -0.39 is 6.04 Å². The summed E-state index contributed by atoms with van der Waals surface area (Å²) in [5, 5.41) is 5.71. The molecule has 4 rings (SSSR count). The lowest BCUT2D eigenvalue weighted by atomic mass is 9.48. The van der Waals surface area contributed by atoms with Crippen molar-refractivity contribution in [1.29, 1.82) is 0 Å². The molecular formula is C19H28N4O2. The van der Waals surface area contributed by atoms with Crippen molar-refractivity contribution in [3.8, 4) is 0 Å². The van der Waals surface area contributed by atoms with Crippen LogP contribution in [-0.2, 0) is 16.0 Å². The molecule has 0 spiro atoms. The molecule has 0 aromatic carbocycles. The second-order valence-electron chi connectivity index (χ2n) is 7.90. The van der Waals surface area contributed by atoms with Crippen LogP contribution in [0.5, 0.6) is 0 Å². The van der Waals surface area contributed by atoms with Crippen LogP contribution in [0.2, 0.25) is 0 Å². The molecule has 0 radical (unpaired) electrons. The van der Waals surface area contributed by atoms with Gasteiger partial charge < -0.3 is 15.6 Å². The number of rotatable bonds is 7. The van der Waals surface area contributed by atoms with E-state index in [9.17, 15) is 9.59 Å². The van der Waals surface area contributed by atoms with Crippen LogP contribution in [-0.4, -0.2) is 34.4 Å². The first-order valence-corrected chi connectivity index (χ1v) is 9.09. The highest BCUT2D eigenvalue weighted by atomic mass is 16.2. The van der Waals surface area contributed by atoms with Crippen LogP contribution < -0.4 is 10.6 Å². The number of hydrogen-bond donors (Lipinski definition) is 3. The van der Waals surface area contributed by atoms with Crippen LogP contribution >= 0.6 is 0 Å². The quantitative estimate of drug-likeness (QED) is 0.661. The summed E-state index contributed by atoms with van der Waals surface area (Å²) in [6.07, 6.45) is 9.37. The SMILES string of the molecule is CC(=O)N[C@@H](Cc1cnc[nH]1)C(=O)NCCC1=CC[C@H]2C[C@@H]1C2(C)C. The number of aromatic amines is 1. The van der Waals surface area contributed by atoms with Crippen molar-refractivity contribution in [3.05, 3.63) is 29.9 Å². The van der Waals surface area contributed by atoms with Crippen LogP contribution in [0.25, 0.3) is 0 Å². The maximum atomic E-state index is 12.5. The van der Waals surface area contributed by atoms with Crippen LogP contribution in [0.1, 0.15) is 45.7 Å². The lowest BCUT2D eigenvalue weighted by molar-refractivity contribution is -0.128. The maximum absolute atomic E-state index is 12.5. The van der Waals surface area contributed by atoms with Crippen molar-refractivity contribution >= 4 is 11.8 Å². The molecule has 1 heterocycles. The first-order valence-electron chi connectivity index (χ1n) is 9.09. The Morgan fingerprint density at radius 1 is 1.44 bits per heavy atom. The minimum Gasteiger partial charge on any atom is -0.354 e. The third kappa shape index (κ3) is 3.78. The minimum atomic E-state index is -0.581. The highest BCUT2D eigenvalue weighted by molar-refractivity contribution is 5.87. The average molecular weight is 344 g/mol. The fraction of sp³-hybridized carbons (Fsp3) is 0.632. The highest BCUT2D eigenvalue weighted by Crippen LogP contribution is 2.59. The normalized spacial score (nSPS) is 24.7. The van der Waals surface area contributed by atoms with Crippen LogP contribution in [0.4, 0.5) is 0 Å². The number of aromatic nitrogens is 2. The van der Waals surface area contributed by atoms with Crippen LogP contribution in [0, 0.1) is 17.3 Å². The van der Waals surface area contributed by atoms with E-state index in [4.69, 9.17) is 0 Å². The van der Waals surface area contributed by atoms with Crippen LogP contribution in [0.3, 0.4) is 0 Å². The standard InChI is InChI=1S/C19H28N4O2/c1-12(24)23-17(9-15-10-20-11-22-15)18(25)21-7-6-13-4-5-14-8-16(13)19(14,2)3/h4,10-11,14,16-17H,5-9H2,1-3H3,(H,20,22)(H,21,25)(H,23,24)/t14-,16-,17-/m0/s1. The smallest absolute Gasteiger partial charge is 0.242 e. The van der Waals surface area contributed by atoms with E-state index in [0.29, 0.717) is 24.3 Å². The van der Waals surface area contributed by atoms with E-state index in [1.54, 1.807) is 12.5 Å². The average Bonchev–Trinajstić information content (AvgIpc) is 3.06. The predicted octanol–water partition coefficient (Wildman–Crippen LogP) is 1.96. The number of H-pyrrole nitrogens is 1. The second kappa shape index (κ2) is 7.02. The van der Waals surface area contributed by atoms with Crippen molar-refractivity contribution in [3.63, 3.8) is 0 Å². The lowest BCUT2D eigenvalue weighted by Crippen LogP contribution is -2.49. The second-order valence-corrected chi connectivity index (χ2v) is 7.90. The monoisotopic (exact) mass is 344 g/mol. The molecule has 136 valence electrons. The Morgan fingerprint density at radius 3 is 2.84 bits per heavy atom. The Balaban J connectivity index is 1.51. The first kappa shape index (κ1) is 17.7. The first-order chi connectivity index (χ1) is 11.9. The molecule has 6 heteroatoms. The van der Waals surface area contributed by atoms with Crippen molar-refractivity contribution in [2.45, 2.75) is 52.5 Å². The van der Waals surface area contributed by atoms with E-state index in [1.165, 1.54) is 25.3 Å². The summed E-state index contributed by atoms with van der Waals surface area (Å²) in [6.45, 7) is 6.75. The molecular weight excluding hydrogens is 316 g/mol. The zero-order valence-corrected chi connectivity index (χ0v) is 15.3. The van der Waals surface area contributed by atoms with Crippen molar-refractivity contribution in [1.82, 2.24) is 20.6 Å². The molecule has 0 unspecified atom stereocenters. The summed E-state index contributed by atoms with van der Waals surface area (Å²) < 4.78 is 0. The summed E-state index contributed by atoms with van der Waals surface area (Å²) in [4.78, 5) is 30.8. The molecule has 3 aliphatic rings. The van der Waals surface area contributed by atoms with Gasteiger partial charge >= 0.3 is 0 Å². The number of imidazole rings is 1. The molecule has 0 aliphatic heterocycles. The molecule has 1 aromatic rings. The van der Waals surface area contributed by atoms with E-state index in [2.05, 4.69) is 40.5 Å². The molecule has 1 saturated carbocycles. The van der Waals surface area contributed by atoms with Gasteiger partial charge in [0.15, 0.2) is 0 Å². The molecule has 25 heavy (non-hydrogen) atoms. The van der Waals surface area contributed by atoms with Gasteiger partial charge in [0.2, 0.25) is 11.8 Å². The molecule has 1 aromatic heterocycles. The third-order valence-corrected chi connectivity index (χ3v) is 5.97. The molecule has 0 saturated heterocycles. The van der Waals surface area contributed by atoms with Crippen molar-refractivity contribution < 1.29 is 9.59 Å². The topological polar surface area (TPSA) is 86.9 Å². The summed E-state index contributed by atoms with van der Waals surface area (Å²) in [6, 6.07) is -0.581. The molecule has 2 amide bonds. The van der Waals surface area contributed by atoms with Gasteiger partial charge in [-0.05, 0) is 36.5 Å². The summed E-state index contributed by atoms with van der Waals surface area (Å²) in [5.41, 5.74) is 2.72. The van der Waals surface area contributed by atoms with Gasteiger partial charge in [0.05, 0.1) is 6.33 Å². The largest absolute Gasteiger partial charge is 0.354 e. The van der Waals surface area contributed by atoms with Gasteiger partial charge in [0.1, 0.15) is 6.04 Å². The van der Waals surface area contributed by atoms with E-state index in [-0.39, 0.29) is 11.8 Å². The van der Waals surface area contributed by atoms with E-state index >= 15 is 0 Å². The number of nitrogens with one attached hydrogen (secondary N) is 3. The number of allylic oxidation sites excluding steroid dienone is 1. The Labute approximate surface area is 148 Å². The van der Waals surface area contributed by atoms with Gasteiger partial charge in [-0.15, -0.1) is 0 Å². The number of carbonyl (C=O) groups excluding carboxylic acids is 2. The van der Waals surface area contributed by atoms with Crippen molar-refractivity contribution in [2.24, 2.45) is 17.3 Å². The molecule has 3 N–H and O–H groups in total. The summed E-state index contributed by atoms with van der Waals surface area (Å²) in [5.74, 6) is 1.14. The highest BCUT2D eigenvalue weighted by Gasteiger charge is 2.50. The Kier molecular flexibility index (Phi) is 4.97. The number of carbonyl (C=O) groups is 2. The Morgan fingerprint density at radius 2 is 2.24 bits per heavy atom. The van der Waals surface area contributed by atoms with Gasteiger partial charge in [-0.25, -0.2) is 4.98 Å². The third-order valence-electron chi connectivity index (χ3n) is 5.97. The molecule has 6 nitrogen and oxygen atoms in total. The minimum absolute atomic E-state index is 0.146. The van der Waals surface area contributed by atoms with Gasteiger partial charge in [0.25, 0.3) is 0 Å². The Bertz CT molecular complexity index is 663. The number of amides is 2. The predicted molar refractivity (Wildman–Crippen MR) is 95.6 cm³/mol. The fourth-order valence-corrected chi connectivity index (χ4v) is 4.28. The van der Waals surface area contributed by atoms with Crippen molar-refractivity contribution in [2.75, 3.05) is 6.54 Å². The number of hydrogen-bond acceptors (Lipinski definition) is 3. The number of fused-ring (bicyclic) bond motifs is 1. The molecule has 3 atom stereocenters. The van der Waals surface area contributed by atoms with E-state index in [0.717, 1.165) is 18.0 Å². The Hall–Kier alpha value is -2.11. The van der Waals surface area contributed by atoms with Gasteiger partial charge in [0, 0.05) is 31.8 Å². The van der Waals surface area contributed by atoms with Gasteiger partial charge in [-0.2, -0.15) is 0 Å². The fourth-order valence-electron chi connectivity index (χ4n) is 4.28. The molecule has 3 aliphatic carbocycles. The summed E-state index contributed by atoms with van der Waals surface area (Å²) >= 11 is 0. The lowest BCUT2D eigenvalue weighted by Gasteiger charge is -2.56. The maximum Gasteiger partial charge on any atom is 0.242 e.